The van der Waals surface area contributed by atoms with E-state index in [0.717, 1.165) is 23.9 Å². The molecule has 2 heteroatoms. The molecule has 80 valence electrons. The second-order valence-electron chi connectivity index (χ2n) is 5.33. The van der Waals surface area contributed by atoms with Gasteiger partial charge in [-0.3, -0.25) is 0 Å². The van der Waals surface area contributed by atoms with Gasteiger partial charge in [0.2, 0.25) is 0 Å². The van der Waals surface area contributed by atoms with Crippen molar-refractivity contribution in [2.45, 2.75) is 56.7 Å². The monoisotopic (exact) mass is 195 g/mol. The van der Waals surface area contributed by atoms with Crippen molar-refractivity contribution in [1.82, 2.24) is 5.32 Å². The molecule has 0 aromatic rings. The first-order chi connectivity index (χ1) is 6.88. The summed E-state index contributed by atoms with van der Waals surface area (Å²) in [6.45, 7) is 0. The maximum Gasteiger partial charge on any atom is 0.0617 e. The molecule has 3 fully saturated rings. The van der Waals surface area contributed by atoms with Gasteiger partial charge in [-0.05, 0) is 38.0 Å². The maximum atomic E-state index is 5.67. The smallest absolute Gasteiger partial charge is 0.0617 e. The Balaban J connectivity index is 1.81. The number of rotatable bonds is 1. The zero-order chi connectivity index (χ0) is 9.54. The summed E-state index contributed by atoms with van der Waals surface area (Å²) in [5.41, 5.74) is 0. The summed E-state index contributed by atoms with van der Waals surface area (Å²) in [7, 11) is 1.90. The van der Waals surface area contributed by atoms with Crippen molar-refractivity contribution >= 4 is 0 Å². The highest BCUT2D eigenvalue weighted by Crippen LogP contribution is 2.44. The van der Waals surface area contributed by atoms with Gasteiger partial charge in [-0.2, -0.15) is 0 Å². The Morgan fingerprint density at radius 1 is 1.14 bits per heavy atom. The lowest BCUT2D eigenvalue weighted by atomic mass is 9.70. The van der Waals surface area contributed by atoms with Gasteiger partial charge in [0.25, 0.3) is 0 Å². The molecule has 5 unspecified atom stereocenters. The van der Waals surface area contributed by atoms with Crippen molar-refractivity contribution in [2.24, 2.45) is 11.8 Å². The van der Waals surface area contributed by atoms with Crippen LogP contribution >= 0.6 is 0 Å². The number of hydrogen-bond acceptors (Lipinski definition) is 2. The zero-order valence-corrected chi connectivity index (χ0v) is 9.04. The summed E-state index contributed by atoms with van der Waals surface area (Å²) in [6.07, 6.45) is 8.91. The normalized spacial score (nSPS) is 51.6. The fraction of sp³-hybridized carbons (Fsp3) is 1.00. The number of nitrogens with one attached hydrogen (secondary N) is 1. The Hall–Kier alpha value is -0.0800. The van der Waals surface area contributed by atoms with Crippen molar-refractivity contribution in [3.8, 4) is 0 Å². The van der Waals surface area contributed by atoms with Gasteiger partial charge >= 0.3 is 0 Å². The van der Waals surface area contributed by atoms with E-state index in [4.69, 9.17) is 4.74 Å². The van der Waals surface area contributed by atoms with Crippen molar-refractivity contribution in [1.29, 1.82) is 0 Å². The predicted octanol–water partition coefficient (Wildman–Crippen LogP) is 1.94. The molecular formula is C12H21NO. The molecule has 0 spiro atoms. The van der Waals surface area contributed by atoms with Gasteiger partial charge < -0.3 is 10.1 Å². The minimum Gasteiger partial charge on any atom is -0.381 e. The molecule has 3 rings (SSSR count). The van der Waals surface area contributed by atoms with Gasteiger partial charge in [0, 0.05) is 25.1 Å². The van der Waals surface area contributed by atoms with E-state index in [2.05, 4.69) is 5.32 Å². The Morgan fingerprint density at radius 2 is 2.07 bits per heavy atom. The minimum atomic E-state index is 0.547. The molecule has 2 saturated heterocycles. The topological polar surface area (TPSA) is 21.3 Å². The van der Waals surface area contributed by atoms with Crippen molar-refractivity contribution in [2.75, 3.05) is 7.11 Å². The predicted molar refractivity (Wildman–Crippen MR) is 56.2 cm³/mol. The molecule has 5 atom stereocenters. The molecular weight excluding hydrogens is 174 g/mol. The lowest BCUT2D eigenvalue weighted by molar-refractivity contribution is -0.0322. The highest BCUT2D eigenvalue weighted by molar-refractivity contribution is 5.01. The minimum absolute atomic E-state index is 0.547. The lowest BCUT2D eigenvalue weighted by Gasteiger charge is -2.44. The Bertz CT molecular complexity index is 214. The molecule has 3 aliphatic rings. The van der Waals surface area contributed by atoms with E-state index in [1.807, 2.05) is 7.11 Å². The molecule has 2 aliphatic heterocycles. The van der Waals surface area contributed by atoms with E-state index in [1.54, 1.807) is 0 Å². The zero-order valence-electron chi connectivity index (χ0n) is 9.04. The number of methoxy groups -OCH3 is 1. The first kappa shape index (κ1) is 9.17. The highest BCUT2D eigenvalue weighted by atomic mass is 16.5. The average Bonchev–Trinajstić information content (AvgIpc) is 2.60. The third-order valence-electron chi connectivity index (χ3n) is 4.67. The van der Waals surface area contributed by atoms with E-state index in [1.165, 1.54) is 38.5 Å². The molecule has 2 bridgehead atoms. The van der Waals surface area contributed by atoms with Gasteiger partial charge in [-0.25, -0.2) is 0 Å². The van der Waals surface area contributed by atoms with E-state index in [0.29, 0.717) is 6.10 Å². The Morgan fingerprint density at radius 3 is 2.93 bits per heavy atom. The van der Waals surface area contributed by atoms with Crippen LogP contribution in [-0.2, 0) is 4.74 Å². The van der Waals surface area contributed by atoms with Gasteiger partial charge in [0.15, 0.2) is 0 Å². The van der Waals surface area contributed by atoms with Crippen LogP contribution in [0.3, 0.4) is 0 Å². The molecule has 0 amide bonds. The maximum absolute atomic E-state index is 5.67. The molecule has 2 nitrogen and oxygen atoms in total. The van der Waals surface area contributed by atoms with Gasteiger partial charge in [0.1, 0.15) is 0 Å². The van der Waals surface area contributed by atoms with E-state index in [-0.39, 0.29) is 0 Å². The molecule has 2 heterocycles. The number of ether oxygens (including phenoxy) is 1. The molecule has 1 aliphatic carbocycles. The third-order valence-corrected chi connectivity index (χ3v) is 4.67. The molecule has 14 heavy (non-hydrogen) atoms. The second-order valence-corrected chi connectivity index (χ2v) is 5.33. The summed E-state index contributed by atoms with van der Waals surface area (Å²) in [5.74, 6) is 1.79. The fourth-order valence-corrected chi connectivity index (χ4v) is 4.11. The largest absolute Gasteiger partial charge is 0.381 e. The van der Waals surface area contributed by atoms with Crippen LogP contribution in [0.4, 0.5) is 0 Å². The molecule has 0 radical (unpaired) electrons. The summed E-state index contributed by atoms with van der Waals surface area (Å²) >= 11 is 0. The van der Waals surface area contributed by atoms with Gasteiger partial charge in [0.05, 0.1) is 6.10 Å². The number of piperidine rings is 1. The highest BCUT2D eigenvalue weighted by Gasteiger charge is 2.46. The number of hydrogen-bond donors (Lipinski definition) is 1. The van der Waals surface area contributed by atoms with Crippen LogP contribution < -0.4 is 5.32 Å². The van der Waals surface area contributed by atoms with Crippen molar-refractivity contribution in [3.05, 3.63) is 0 Å². The quantitative estimate of drug-likeness (QED) is 0.690. The third kappa shape index (κ3) is 1.31. The van der Waals surface area contributed by atoms with Crippen molar-refractivity contribution in [3.63, 3.8) is 0 Å². The molecule has 1 N–H and O–H groups in total. The lowest BCUT2D eigenvalue weighted by Crippen LogP contribution is -2.52. The SMILES string of the molecule is COC1CCCC2CC3CCC(N3)C21. The van der Waals surface area contributed by atoms with Crippen molar-refractivity contribution < 1.29 is 4.74 Å². The van der Waals surface area contributed by atoms with Crippen LogP contribution in [0.5, 0.6) is 0 Å². The second kappa shape index (κ2) is 3.49. The van der Waals surface area contributed by atoms with E-state index >= 15 is 0 Å². The van der Waals surface area contributed by atoms with Crippen LogP contribution in [0.2, 0.25) is 0 Å². The molecule has 0 aromatic carbocycles. The van der Waals surface area contributed by atoms with Crippen LogP contribution in [0.25, 0.3) is 0 Å². The van der Waals surface area contributed by atoms with Crippen LogP contribution in [0.15, 0.2) is 0 Å². The summed E-state index contributed by atoms with van der Waals surface area (Å²) in [6, 6.07) is 1.63. The average molecular weight is 195 g/mol. The Labute approximate surface area is 86.4 Å². The summed E-state index contributed by atoms with van der Waals surface area (Å²) < 4.78 is 5.67. The van der Waals surface area contributed by atoms with E-state index in [9.17, 15) is 0 Å². The van der Waals surface area contributed by atoms with Crippen LogP contribution in [-0.4, -0.2) is 25.3 Å². The van der Waals surface area contributed by atoms with E-state index < -0.39 is 0 Å². The Kier molecular flexibility index (Phi) is 2.29. The fourth-order valence-electron chi connectivity index (χ4n) is 4.11. The summed E-state index contributed by atoms with van der Waals surface area (Å²) in [5, 5.41) is 3.77. The standard InChI is InChI=1S/C12H21NO/c1-14-11-4-2-3-8-7-9-5-6-10(13-9)12(8)11/h8-13H,2-7H2,1H3. The van der Waals surface area contributed by atoms with Crippen LogP contribution in [0.1, 0.15) is 38.5 Å². The number of fused-ring (bicyclic) bond motifs is 4. The van der Waals surface area contributed by atoms with Gasteiger partial charge in [-0.1, -0.05) is 6.42 Å². The van der Waals surface area contributed by atoms with Gasteiger partial charge in [-0.15, -0.1) is 0 Å². The summed E-state index contributed by atoms with van der Waals surface area (Å²) in [4.78, 5) is 0. The molecule has 0 aromatic heterocycles. The molecule has 1 saturated carbocycles. The first-order valence-electron chi connectivity index (χ1n) is 6.17. The first-order valence-corrected chi connectivity index (χ1v) is 6.17. The van der Waals surface area contributed by atoms with Crippen LogP contribution in [0, 0.1) is 11.8 Å².